The zero-order valence-corrected chi connectivity index (χ0v) is 70.2. The summed E-state index contributed by atoms with van der Waals surface area (Å²) < 4.78 is 52.3. The molecule has 12 heteroatoms. The van der Waals surface area contributed by atoms with E-state index in [1.807, 2.05) is 0 Å². The van der Waals surface area contributed by atoms with Crippen molar-refractivity contribution in [2.24, 2.45) is 0 Å². The van der Waals surface area contributed by atoms with Gasteiger partial charge in [0.05, 0.1) is 65.2 Å². The number of rotatable bonds is 78. The van der Waals surface area contributed by atoms with E-state index in [0.717, 1.165) is 77.0 Å². The van der Waals surface area contributed by atoms with Crippen molar-refractivity contribution >= 4 is 23.2 Å². The van der Waals surface area contributed by atoms with E-state index < -0.39 is 11.8 Å². The van der Waals surface area contributed by atoms with E-state index in [-0.39, 0.29) is 0 Å². The monoisotopic (exact) mass is 1480 g/mol. The fourth-order valence-electron chi connectivity index (χ4n) is 14.2. The molecule has 0 radical (unpaired) electrons. The summed E-state index contributed by atoms with van der Waals surface area (Å²) >= 11 is 0. The summed E-state index contributed by atoms with van der Waals surface area (Å²) in [7, 11) is 3.14. The quantitative estimate of drug-likeness (QED) is 0.0527. The second-order valence-electron chi connectivity index (χ2n) is 30.9. The number of carbonyl (C=O) groups is 2. The van der Waals surface area contributed by atoms with Gasteiger partial charge in [0, 0.05) is 23.3 Å². The summed E-state index contributed by atoms with van der Waals surface area (Å²) in [5.74, 6) is 3.08. The van der Waals surface area contributed by atoms with Crippen molar-refractivity contribution in [3.05, 3.63) is 47.5 Å². The fourth-order valence-corrected chi connectivity index (χ4v) is 14.2. The minimum Gasteiger partial charge on any atom is -0.493 e. The molecule has 3 aromatic carbocycles. The van der Waals surface area contributed by atoms with E-state index in [1.165, 1.54) is 308 Å². The maximum atomic E-state index is 15.2. The molecule has 0 unspecified atom stereocenters. The Hall–Kier alpha value is -5.00. The maximum absolute atomic E-state index is 15.2. The second kappa shape index (κ2) is 69.2. The van der Waals surface area contributed by atoms with E-state index in [9.17, 15) is 0 Å². The van der Waals surface area contributed by atoms with Crippen molar-refractivity contribution in [3.63, 3.8) is 0 Å². The minimum atomic E-state index is -0.411. The normalized spacial score (nSPS) is 11.3. The van der Waals surface area contributed by atoms with Crippen LogP contribution in [0.2, 0.25) is 0 Å². The van der Waals surface area contributed by atoms with Crippen molar-refractivity contribution < 1.29 is 47.5 Å². The van der Waals surface area contributed by atoms with Crippen molar-refractivity contribution in [1.29, 1.82) is 0 Å². The van der Waals surface area contributed by atoms with Crippen LogP contribution in [0.1, 0.15) is 448 Å². The number of hydrogen-bond acceptors (Lipinski definition) is 10. The van der Waals surface area contributed by atoms with Crippen molar-refractivity contribution in [2.75, 3.05) is 64.5 Å². The predicted molar refractivity (Wildman–Crippen MR) is 452 cm³/mol. The van der Waals surface area contributed by atoms with Crippen molar-refractivity contribution in [2.45, 2.75) is 427 Å². The lowest BCUT2D eigenvalue weighted by molar-refractivity contribution is 0.101. The predicted octanol–water partition coefficient (Wildman–Crippen LogP) is 30.0. The third kappa shape index (κ3) is 47.8. The third-order valence-corrected chi connectivity index (χ3v) is 21.1. The van der Waals surface area contributed by atoms with Crippen LogP contribution in [0.5, 0.6) is 46.0 Å². The number of hydrogen-bond donors (Lipinski definition) is 2. The SMILES string of the molecule is CCCCCCCCCCCCOc1cc(C(=O)Nc2cc(OC)c(OC)cc2NC(=O)c2cc(OCCCCCCCCCCCC)c(OCCCCCCCCCCCC)c(OCCCCCCCCCCCC)c2)cc(OCCCCCCCCCCCC)c1OCCCCCCCCCCCC. The molecular formula is C94H164N2O10. The van der Waals surface area contributed by atoms with Gasteiger partial charge in [-0.2, -0.15) is 0 Å². The molecule has 0 aliphatic rings. The van der Waals surface area contributed by atoms with Crippen LogP contribution in [0.15, 0.2) is 36.4 Å². The Labute approximate surface area is 652 Å². The van der Waals surface area contributed by atoms with Crippen LogP contribution in [0.3, 0.4) is 0 Å². The van der Waals surface area contributed by atoms with Crippen LogP contribution < -0.4 is 48.5 Å². The third-order valence-electron chi connectivity index (χ3n) is 21.1. The molecule has 610 valence electrons. The molecule has 0 aromatic heterocycles. The lowest BCUT2D eigenvalue weighted by Crippen LogP contribution is -2.18. The Bertz CT molecular complexity index is 2270. The van der Waals surface area contributed by atoms with Gasteiger partial charge in [0.1, 0.15) is 0 Å². The number of ether oxygens (including phenoxy) is 8. The molecule has 0 heterocycles. The van der Waals surface area contributed by atoms with Crippen molar-refractivity contribution in [1.82, 2.24) is 0 Å². The number of amides is 2. The molecule has 0 fully saturated rings. The largest absolute Gasteiger partial charge is 0.493 e. The van der Waals surface area contributed by atoms with E-state index in [4.69, 9.17) is 37.9 Å². The number of nitrogens with one attached hydrogen (secondary N) is 2. The first-order chi connectivity index (χ1) is 52.3. The van der Waals surface area contributed by atoms with Gasteiger partial charge in [-0.1, -0.05) is 388 Å². The molecule has 3 rings (SSSR count). The number of methoxy groups -OCH3 is 2. The highest BCUT2D eigenvalue weighted by molar-refractivity contribution is 6.11. The molecule has 0 saturated carbocycles. The average molecular weight is 1480 g/mol. The van der Waals surface area contributed by atoms with Gasteiger partial charge >= 0.3 is 0 Å². The number of carbonyl (C=O) groups excluding carboxylic acids is 2. The number of anilines is 2. The Morgan fingerprint density at radius 3 is 0.547 bits per heavy atom. The molecule has 2 N–H and O–H groups in total. The Morgan fingerprint density at radius 2 is 0.377 bits per heavy atom. The highest BCUT2D eigenvalue weighted by atomic mass is 16.6. The molecule has 3 aromatic rings. The Morgan fingerprint density at radius 1 is 0.217 bits per heavy atom. The lowest BCUT2D eigenvalue weighted by atomic mass is 10.1. The molecular weight excluding hydrogens is 1320 g/mol. The average Bonchev–Trinajstić information content (AvgIpc) is 0.805. The highest BCUT2D eigenvalue weighted by Crippen LogP contribution is 2.43. The molecule has 106 heavy (non-hydrogen) atoms. The summed E-state index contributed by atoms with van der Waals surface area (Å²) in [5.41, 5.74) is 1.33. The highest BCUT2D eigenvalue weighted by Gasteiger charge is 2.25. The Kier molecular flexibility index (Phi) is 62.2. The van der Waals surface area contributed by atoms with Crippen LogP contribution in [-0.2, 0) is 0 Å². The fraction of sp³-hybridized carbons (Fsp3) is 0.787. The van der Waals surface area contributed by atoms with E-state index in [0.29, 0.717) is 108 Å². The first kappa shape index (κ1) is 95.2. The molecule has 2 amide bonds. The zero-order valence-electron chi connectivity index (χ0n) is 70.2. The van der Waals surface area contributed by atoms with Gasteiger partial charge in [0.2, 0.25) is 11.5 Å². The summed E-state index contributed by atoms with van der Waals surface area (Å²) in [5, 5.41) is 6.40. The molecule has 0 spiro atoms. The van der Waals surface area contributed by atoms with Crippen LogP contribution >= 0.6 is 0 Å². The van der Waals surface area contributed by atoms with Crippen LogP contribution in [0, 0.1) is 0 Å². The van der Waals surface area contributed by atoms with Gasteiger partial charge in [0.25, 0.3) is 11.8 Å². The van der Waals surface area contributed by atoms with Gasteiger partial charge in [-0.3, -0.25) is 9.59 Å². The lowest BCUT2D eigenvalue weighted by Gasteiger charge is -2.20. The molecule has 0 bridgehead atoms. The molecule has 0 atom stereocenters. The maximum Gasteiger partial charge on any atom is 0.256 e. The molecule has 12 nitrogen and oxygen atoms in total. The smallest absolute Gasteiger partial charge is 0.256 e. The zero-order chi connectivity index (χ0) is 76.1. The van der Waals surface area contributed by atoms with Crippen molar-refractivity contribution in [3.8, 4) is 46.0 Å². The van der Waals surface area contributed by atoms with Crippen LogP contribution in [-0.4, -0.2) is 65.7 Å². The summed E-state index contributed by atoms with van der Waals surface area (Å²) in [6.45, 7) is 16.7. The molecule has 0 aliphatic carbocycles. The standard InChI is InChI=1S/C94H164N2O10/c1-9-15-21-27-33-39-45-51-57-63-69-101-87-75-81(76-88(102-70-64-58-52-46-40-34-28-22-16-10-2)91(87)105-73-67-61-55-49-43-37-31-25-19-13-5)93(97)95-83-79-85(99-7)86(100-8)80-84(83)96-94(98)82-77-89(103-71-65-59-53-47-41-35-29-23-17-11-3)92(106-74-68-62-56-50-44-38-32-26-20-14-6)90(78-82)104-72-66-60-54-48-42-36-30-24-18-12-4/h75-80H,9-74H2,1-8H3,(H,95,97)(H,96,98). The van der Waals surface area contributed by atoms with E-state index in [2.05, 4.69) is 52.2 Å². The number of unbranched alkanes of at least 4 members (excludes halogenated alkanes) is 54. The number of benzene rings is 3. The van der Waals surface area contributed by atoms with Gasteiger partial charge < -0.3 is 48.5 Å². The first-order valence-electron chi connectivity index (χ1n) is 45.3. The Balaban J connectivity index is 2.06. The molecule has 0 aliphatic heterocycles. The molecule has 0 saturated heterocycles. The van der Waals surface area contributed by atoms with Crippen LogP contribution in [0.4, 0.5) is 11.4 Å². The van der Waals surface area contributed by atoms with E-state index >= 15 is 9.59 Å². The van der Waals surface area contributed by atoms with Gasteiger partial charge in [-0.25, -0.2) is 0 Å². The van der Waals surface area contributed by atoms with Gasteiger partial charge in [-0.15, -0.1) is 0 Å². The van der Waals surface area contributed by atoms with E-state index in [1.54, 1.807) is 50.6 Å². The van der Waals surface area contributed by atoms with Gasteiger partial charge in [-0.05, 0) is 62.8 Å². The van der Waals surface area contributed by atoms with Crippen LogP contribution in [0.25, 0.3) is 0 Å². The summed E-state index contributed by atoms with van der Waals surface area (Å²) in [4.78, 5) is 30.4. The minimum absolute atomic E-state index is 0.323. The summed E-state index contributed by atoms with van der Waals surface area (Å²) in [6, 6.07) is 10.6. The first-order valence-corrected chi connectivity index (χ1v) is 45.3. The summed E-state index contributed by atoms with van der Waals surface area (Å²) in [6.07, 6.45) is 73.4. The van der Waals surface area contributed by atoms with Gasteiger partial charge in [0.15, 0.2) is 34.5 Å². The second-order valence-corrected chi connectivity index (χ2v) is 30.9. The topological polar surface area (TPSA) is 132 Å².